The van der Waals surface area contributed by atoms with Crippen LogP contribution in [0.25, 0.3) is 5.69 Å². The summed E-state index contributed by atoms with van der Waals surface area (Å²) in [7, 11) is 0. The van der Waals surface area contributed by atoms with Crippen molar-refractivity contribution in [1.29, 1.82) is 0 Å². The van der Waals surface area contributed by atoms with Gasteiger partial charge in [-0.15, -0.1) is 12.4 Å². The molecule has 0 amide bonds. The van der Waals surface area contributed by atoms with Gasteiger partial charge in [0.1, 0.15) is 0 Å². The second-order valence-electron chi connectivity index (χ2n) is 5.76. The molecule has 2 unspecified atom stereocenters. The maximum atomic E-state index is 5.99. The SMILES string of the molecule is CC(N)C1CCN(Cc2ccc(-n3cccn3)cc2)C1.Cl. The van der Waals surface area contributed by atoms with E-state index in [1.54, 1.807) is 6.20 Å². The Morgan fingerprint density at radius 2 is 2.10 bits per heavy atom. The molecule has 0 radical (unpaired) electrons. The van der Waals surface area contributed by atoms with Crippen LogP contribution < -0.4 is 5.73 Å². The summed E-state index contributed by atoms with van der Waals surface area (Å²) in [4.78, 5) is 2.50. The molecule has 1 fully saturated rings. The number of aromatic nitrogens is 2. The smallest absolute Gasteiger partial charge is 0.0645 e. The van der Waals surface area contributed by atoms with Crippen molar-refractivity contribution in [2.75, 3.05) is 13.1 Å². The van der Waals surface area contributed by atoms with E-state index in [-0.39, 0.29) is 12.4 Å². The third-order valence-corrected chi connectivity index (χ3v) is 4.16. The van der Waals surface area contributed by atoms with Gasteiger partial charge in [-0.05, 0) is 49.6 Å². The van der Waals surface area contributed by atoms with Gasteiger partial charge in [0, 0.05) is 31.5 Å². The fourth-order valence-electron chi connectivity index (χ4n) is 2.87. The Balaban J connectivity index is 0.00000161. The highest BCUT2D eigenvalue weighted by Crippen LogP contribution is 2.21. The molecule has 0 saturated carbocycles. The number of benzene rings is 1. The monoisotopic (exact) mass is 306 g/mol. The molecule has 3 rings (SSSR count). The molecule has 1 aliphatic rings. The Kier molecular flexibility index (Phi) is 5.39. The molecule has 4 nitrogen and oxygen atoms in total. The second-order valence-corrected chi connectivity index (χ2v) is 5.76. The molecule has 2 atom stereocenters. The van der Waals surface area contributed by atoms with E-state index < -0.39 is 0 Å². The molecule has 0 aliphatic carbocycles. The first-order chi connectivity index (χ1) is 9.72. The summed E-state index contributed by atoms with van der Waals surface area (Å²) in [5, 5.41) is 4.24. The third-order valence-electron chi connectivity index (χ3n) is 4.16. The van der Waals surface area contributed by atoms with Crippen molar-refractivity contribution in [1.82, 2.24) is 14.7 Å². The molecule has 2 aromatic rings. The molecule has 114 valence electrons. The van der Waals surface area contributed by atoms with Crippen LogP contribution in [-0.4, -0.2) is 33.8 Å². The fourth-order valence-corrected chi connectivity index (χ4v) is 2.87. The summed E-state index contributed by atoms with van der Waals surface area (Å²) in [6.07, 6.45) is 4.98. The molecular weight excluding hydrogens is 284 g/mol. The molecule has 1 aliphatic heterocycles. The predicted molar refractivity (Wildman–Crippen MR) is 87.8 cm³/mol. The molecule has 1 aromatic carbocycles. The Labute approximate surface area is 132 Å². The van der Waals surface area contributed by atoms with Gasteiger partial charge < -0.3 is 5.73 Å². The van der Waals surface area contributed by atoms with Crippen LogP contribution in [0.5, 0.6) is 0 Å². The van der Waals surface area contributed by atoms with Crippen LogP contribution in [0.4, 0.5) is 0 Å². The summed E-state index contributed by atoms with van der Waals surface area (Å²) >= 11 is 0. The zero-order chi connectivity index (χ0) is 13.9. The Morgan fingerprint density at radius 1 is 1.33 bits per heavy atom. The number of likely N-dealkylation sites (tertiary alicyclic amines) is 1. The lowest BCUT2D eigenvalue weighted by molar-refractivity contribution is 0.308. The van der Waals surface area contributed by atoms with E-state index in [1.165, 1.54) is 12.0 Å². The lowest BCUT2D eigenvalue weighted by Gasteiger charge is -2.18. The van der Waals surface area contributed by atoms with Crippen molar-refractivity contribution in [2.45, 2.75) is 25.9 Å². The van der Waals surface area contributed by atoms with Gasteiger partial charge in [-0.2, -0.15) is 5.10 Å². The first kappa shape index (κ1) is 16.0. The maximum absolute atomic E-state index is 5.99. The number of nitrogens with zero attached hydrogens (tertiary/aromatic N) is 3. The fraction of sp³-hybridized carbons (Fsp3) is 0.438. The van der Waals surface area contributed by atoms with Crippen LogP contribution in [-0.2, 0) is 6.54 Å². The summed E-state index contributed by atoms with van der Waals surface area (Å²) in [5.41, 5.74) is 8.45. The lowest BCUT2D eigenvalue weighted by Crippen LogP contribution is -2.29. The Morgan fingerprint density at radius 3 is 2.67 bits per heavy atom. The van der Waals surface area contributed by atoms with E-state index in [9.17, 15) is 0 Å². The van der Waals surface area contributed by atoms with E-state index in [4.69, 9.17) is 5.73 Å². The second kappa shape index (κ2) is 7.07. The van der Waals surface area contributed by atoms with Crippen LogP contribution >= 0.6 is 12.4 Å². The van der Waals surface area contributed by atoms with E-state index in [1.807, 2.05) is 16.9 Å². The first-order valence-corrected chi connectivity index (χ1v) is 7.29. The van der Waals surface area contributed by atoms with Gasteiger partial charge in [-0.1, -0.05) is 12.1 Å². The molecule has 2 heterocycles. The van der Waals surface area contributed by atoms with Crippen molar-refractivity contribution >= 4 is 12.4 Å². The quantitative estimate of drug-likeness (QED) is 0.944. The average Bonchev–Trinajstić information content (AvgIpc) is 3.10. The van der Waals surface area contributed by atoms with Crippen LogP contribution in [0.1, 0.15) is 18.9 Å². The van der Waals surface area contributed by atoms with E-state index >= 15 is 0 Å². The number of halogens is 1. The minimum atomic E-state index is 0. The molecule has 5 heteroatoms. The van der Waals surface area contributed by atoms with Gasteiger partial charge in [0.2, 0.25) is 0 Å². The van der Waals surface area contributed by atoms with E-state index in [0.717, 1.165) is 25.3 Å². The van der Waals surface area contributed by atoms with Crippen LogP contribution in [0.2, 0.25) is 0 Å². The van der Waals surface area contributed by atoms with Gasteiger partial charge in [0.15, 0.2) is 0 Å². The largest absolute Gasteiger partial charge is 0.328 e. The highest BCUT2D eigenvalue weighted by atomic mass is 35.5. The maximum Gasteiger partial charge on any atom is 0.0645 e. The predicted octanol–water partition coefficient (Wildman–Crippen LogP) is 2.46. The van der Waals surface area contributed by atoms with Crippen LogP contribution in [0.15, 0.2) is 42.7 Å². The lowest BCUT2D eigenvalue weighted by atomic mass is 10.0. The Bertz CT molecular complexity index is 536. The molecular formula is C16H23ClN4. The minimum absolute atomic E-state index is 0. The van der Waals surface area contributed by atoms with Crippen LogP contribution in [0, 0.1) is 5.92 Å². The standard InChI is InChI=1S/C16H22N4.ClH/c1-13(17)15-7-10-19(12-15)11-14-3-5-16(6-4-14)20-9-2-8-18-20;/h2-6,8-9,13,15H,7,10-12,17H2,1H3;1H. The van der Waals surface area contributed by atoms with Crippen molar-refractivity contribution in [3.8, 4) is 5.69 Å². The molecule has 0 bridgehead atoms. The molecule has 1 aromatic heterocycles. The number of hydrogen-bond donors (Lipinski definition) is 1. The first-order valence-electron chi connectivity index (χ1n) is 7.29. The minimum Gasteiger partial charge on any atom is -0.328 e. The van der Waals surface area contributed by atoms with Gasteiger partial charge >= 0.3 is 0 Å². The number of nitrogens with two attached hydrogens (primary N) is 1. The number of rotatable bonds is 4. The summed E-state index contributed by atoms with van der Waals surface area (Å²) < 4.78 is 1.88. The number of hydrogen-bond acceptors (Lipinski definition) is 3. The molecule has 21 heavy (non-hydrogen) atoms. The van der Waals surface area contributed by atoms with Gasteiger partial charge in [0.05, 0.1) is 5.69 Å². The van der Waals surface area contributed by atoms with Crippen molar-refractivity contribution in [3.63, 3.8) is 0 Å². The molecule has 2 N–H and O–H groups in total. The van der Waals surface area contributed by atoms with Crippen molar-refractivity contribution in [2.24, 2.45) is 11.7 Å². The summed E-state index contributed by atoms with van der Waals surface area (Å²) in [6.45, 7) is 5.42. The summed E-state index contributed by atoms with van der Waals surface area (Å²) in [6, 6.07) is 10.9. The topological polar surface area (TPSA) is 47.1 Å². The van der Waals surface area contributed by atoms with Crippen LogP contribution in [0.3, 0.4) is 0 Å². The highest BCUT2D eigenvalue weighted by molar-refractivity contribution is 5.85. The zero-order valence-corrected chi connectivity index (χ0v) is 13.2. The van der Waals surface area contributed by atoms with E-state index in [2.05, 4.69) is 41.2 Å². The van der Waals surface area contributed by atoms with Crippen molar-refractivity contribution < 1.29 is 0 Å². The molecule has 0 spiro atoms. The average molecular weight is 307 g/mol. The third kappa shape index (κ3) is 3.84. The molecule has 1 saturated heterocycles. The van der Waals surface area contributed by atoms with Gasteiger partial charge in [-0.3, -0.25) is 4.90 Å². The normalized spacial score (nSPS) is 20.2. The Hall–Kier alpha value is -1.36. The highest BCUT2D eigenvalue weighted by Gasteiger charge is 2.24. The zero-order valence-electron chi connectivity index (χ0n) is 12.4. The van der Waals surface area contributed by atoms with Gasteiger partial charge in [0.25, 0.3) is 0 Å². The van der Waals surface area contributed by atoms with E-state index in [0.29, 0.717) is 12.0 Å². The van der Waals surface area contributed by atoms with Crippen molar-refractivity contribution in [3.05, 3.63) is 48.3 Å². The van der Waals surface area contributed by atoms with Gasteiger partial charge in [-0.25, -0.2) is 4.68 Å². The summed E-state index contributed by atoms with van der Waals surface area (Å²) in [5.74, 6) is 0.651.